The SMILES string of the molecule is C/C=C(\I)C(C)=N. The maximum Gasteiger partial charge on any atom is 0.0412 e. The van der Waals surface area contributed by atoms with Gasteiger partial charge in [-0.1, -0.05) is 6.08 Å². The Kier molecular flexibility index (Phi) is 3.25. The highest BCUT2D eigenvalue weighted by Gasteiger charge is 1.86. The first kappa shape index (κ1) is 7.14. The first-order chi connectivity index (χ1) is 3.18. The molecule has 0 fully saturated rings. The number of halogens is 1. The van der Waals surface area contributed by atoms with Crippen LogP contribution in [0.5, 0.6) is 0 Å². The Bertz CT molecular complexity index is 105. The molecule has 0 atom stereocenters. The maximum absolute atomic E-state index is 7.02. The molecule has 40 valence electrons. The lowest BCUT2D eigenvalue weighted by atomic mass is 10.4. The predicted molar refractivity (Wildman–Crippen MR) is 41.2 cm³/mol. The first-order valence-corrected chi connectivity index (χ1v) is 3.13. The van der Waals surface area contributed by atoms with Crippen LogP contribution in [0, 0.1) is 5.41 Å². The fraction of sp³-hybridized carbons (Fsp3) is 0.400. The summed E-state index contributed by atoms with van der Waals surface area (Å²) in [4.78, 5) is 0. The predicted octanol–water partition coefficient (Wildman–Crippen LogP) is 2.36. The van der Waals surface area contributed by atoms with Crippen LogP contribution in [-0.2, 0) is 0 Å². The molecule has 0 aromatic heterocycles. The molecule has 0 bridgehead atoms. The highest BCUT2D eigenvalue weighted by Crippen LogP contribution is 2.04. The van der Waals surface area contributed by atoms with Crippen LogP contribution in [0.25, 0.3) is 0 Å². The lowest BCUT2D eigenvalue weighted by Gasteiger charge is -1.87. The van der Waals surface area contributed by atoms with Gasteiger partial charge in [0, 0.05) is 9.29 Å². The van der Waals surface area contributed by atoms with E-state index in [4.69, 9.17) is 5.41 Å². The van der Waals surface area contributed by atoms with Crippen LogP contribution in [0.15, 0.2) is 9.66 Å². The van der Waals surface area contributed by atoms with Crippen LogP contribution in [-0.4, -0.2) is 5.71 Å². The highest BCUT2D eigenvalue weighted by atomic mass is 127. The van der Waals surface area contributed by atoms with E-state index in [0.717, 1.165) is 3.58 Å². The van der Waals surface area contributed by atoms with Crippen molar-refractivity contribution in [1.29, 1.82) is 5.41 Å². The summed E-state index contributed by atoms with van der Waals surface area (Å²) in [5, 5.41) is 7.02. The monoisotopic (exact) mass is 209 g/mol. The van der Waals surface area contributed by atoms with Gasteiger partial charge in [0.05, 0.1) is 0 Å². The summed E-state index contributed by atoms with van der Waals surface area (Å²) in [7, 11) is 0. The molecule has 0 heterocycles. The van der Waals surface area contributed by atoms with E-state index in [2.05, 4.69) is 22.6 Å². The Balaban J connectivity index is 3.82. The van der Waals surface area contributed by atoms with Crippen molar-refractivity contribution in [3.05, 3.63) is 9.66 Å². The number of allylic oxidation sites excluding steroid dienone is 2. The van der Waals surface area contributed by atoms with Gasteiger partial charge in [-0.15, -0.1) is 0 Å². The first-order valence-electron chi connectivity index (χ1n) is 2.06. The molecule has 7 heavy (non-hydrogen) atoms. The quantitative estimate of drug-likeness (QED) is 0.506. The van der Waals surface area contributed by atoms with Gasteiger partial charge in [-0.2, -0.15) is 0 Å². The van der Waals surface area contributed by atoms with Crippen molar-refractivity contribution in [2.45, 2.75) is 13.8 Å². The summed E-state index contributed by atoms with van der Waals surface area (Å²) in [6.45, 7) is 3.71. The molecular weight excluding hydrogens is 201 g/mol. The van der Waals surface area contributed by atoms with Crippen molar-refractivity contribution >= 4 is 28.3 Å². The molecule has 1 nitrogen and oxygen atoms in total. The van der Waals surface area contributed by atoms with Gasteiger partial charge in [0.25, 0.3) is 0 Å². The van der Waals surface area contributed by atoms with E-state index in [1.807, 2.05) is 13.0 Å². The summed E-state index contributed by atoms with van der Waals surface area (Å²) in [6, 6.07) is 0. The number of hydrogen-bond acceptors (Lipinski definition) is 1. The van der Waals surface area contributed by atoms with E-state index in [-0.39, 0.29) is 0 Å². The maximum atomic E-state index is 7.02. The van der Waals surface area contributed by atoms with E-state index in [9.17, 15) is 0 Å². The minimum Gasteiger partial charge on any atom is -0.305 e. The summed E-state index contributed by atoms with van der Waals surface area (Å²) in [6.07, 6.45) is 1.92. The fourth-order valence-electron chi connectivity index (χ4n) is 0.217. The topological polar surface area (TPSA) is 23.9 Å². The molecule has 2 heteroatoms. The van der Waals surface area contributed by atoms with Crippen molar-refractivity contribution in [2.75, 3.05) is 0 Å². The Morgan fingerprint density at radius 3 is 2.14 bits per heavy atom. The summed E-state index contributed by atoms with van der Waals surface area (Å²) < 4.78 is 1.03. The lowest BCUT2D eigenvalue weighted by Crippen LogP contribution is -1.83. The van der Waals surface area contributed by atoms with Gasteiger partial charge in [0.2, 0.25) is 0 Å². The number of nitrogens with one attached hydrogen (secondary N) is 1. The average molecular weight is 209 g/mol. The van der Waals surface area contributed by atoms with Gasteiger partial charge in [-0.05, 0) is 36.4 Å². The summed E-state index contributed by atoms with van der Waals surface area (Å²) >= 11 is 2.13. The molecule has 0 aromatic rings. The van der Waals surface area contributed by atoms with E-state index in [1.54, 1.807) is 6.92 Å². The lowest BCUT2D eigenvalue weighted by molar-refractivity contribution is 1.49. The average Bonchev–Trinajstić information content (AvgIpc) is 1.65. The van der Waals surface area contributed by atoms with E-state index in [0.29, 0.717) is 5.71 Å². The van der Waals surface area contributed by atoms with Crippen LogP contribution in [0.1, 0.15) is 13.8 Å². The standard InChI is InChI=1S/C5H8IN/c1-3-5(6)4(2)7/h3,7H,1-2H3/b5-3-,7-4?. The third kappa shape index (κ3) is 2.79. The Hall–Kier alpha value is 0.140. The zero-order valence-corrected chi connectivity index (χ0v) is 6.61. The molecule has 0 saturated carbocycles. The molecule has 0 spiro atoms. The highest BCUT2D eigenvalue weighted by molar-refractivity contribution is 14.1. The molecule has 0 aliphatic heterocycles. The molecule has 0 saturated heterocycles. The van der Waals surface area contributed by atoms with Crippen LogP contribution in [0.2, 0.25) is 0 Å². The fourth-order valence-corrected chi connectivity index (χ4v) is 0.217. The van der Waals surface area contributed by atoms with Crippen LogP contribution in [0.4, 0.5) is 0 Å². The van der Waals surface area contributed by atoms with Gasteiger partial charge in [0.15, 0.2) is 0 Å². The summed E-state index contributed by atoms with van der Waals surface area (Å²) in [5.74, 6) is 0. The van der Waals surface area contributed by atoms with Crippen molar-refractivity contribution in [3.63, 3.8) is 0 Å². The Morgan fingerprint density at radius 2 is 2.14 bits per heavy atom. The minimum absolute atomic E-state index is 0.642. The zero-order valence-electron chi connectivity index (χ0n) is 4.46. The van der Waals surface area contributed by atoms with Gasteiger partial charge >= 0.3 is 0 Å². The Morgan fingerprint density at radius 1 is 1.71 bits per heavy atom. The third-order valence-corrected chi connectivity index (χ3v) is 2.04. The molecule has 0 amide bonds. The van der Waals surface area contributed by atoms with Crippen LogP contribution < -0.4 is 0 Å². The molecule has 0 unspecified atom stereocenters. The second-order valence-corrected chi connectivity index (χ2v) is 2.42. The zero-order chi connectivity index (χ0) is 5.86. The molecule has 0 aromatic carbocycles. The van der Waals surface area contributed by atoms with E-state index in [1.165, 1.54) is 0 Å². The van der Waals surface area contributed by atoms with Crippen molar-refractivity contribution in [1.82, 2.24) is 0 Å². The van der Waals surface area contributed by atoms with Gasteiger partial charge < -0.3 is 5.41 Å². The van der Waals surface area contributed by atoms with Crippen molar-refractivity contribution < 1.29 is 0 Å². The van der Waals surface area contributed by atoms with Crippen LogP contribution in [0.3, 0.4) is 0 Å². The molecule has 0 aliphatic carbocycles. The largest absolute Gasteiger partial charge is 0.305 e. The van der Waals surface area contributed by atoms with Crippen molar-refractivity contribution in [3.8, 4) is 0 Å². The van der Waals surface area contributed by atoms with E-state index >= 15 is 0 Å². The molecule has 0 rings (SSSR count). The second kappa shape index (κ2) is 3.18. The summed E-state index contributed by atoms with van der Waals surface area (Å²) in [5.41, 5.74) is 0.642. The molecule has 1 N–H and O–H groups in total. The van der Waals surface area contributed by atoms with Gasteiger partial charge in [0.1, 0.15) is 0 Å². The van der Waals surface area contributed by atoms with Crippen LogP contribution >= 0.6 is 22.6 Å². The smallest absolute Gasteiger partial charge is 0.0412 e. The van der Waals surface area contributed by atoms with Gasteiger partial charge in [-0.3, -0.25) is 0 Å². The second-order valence-electron chi connectivity index (χ2n) is 1.26. The normalized spacial score (nSPS) is 11.6. The van der Waals surface area contributed by atoms with E-state index < -0.39 is 0 Å². The van der Waals surface area contributed by atoms with Gasteiger partial charge in [-0.25, -0.2) is 0 Å². The minimum atomic E-state index is 0.642. The van der Waals surface area contributed by atoms with Crippen molar-refractivity contribution in [2.24, 2.45) is 0 Å². The third-order valence-electron chi connectivity index (χ3n) is 0.612. The number of hydrogen-bond donors (Lipinski definition) is 1. The molecule has 0 radical (unpaired) electrons. The number of rotatable bonds is 1. The molecule has 0 aliphatic rings. The molecular formula is C5H8IN. The Labute approximate surface area is 57.5 Å².